The highest BCUT2D eigenvalue weighted by Crippen LogP contribution is 2.25. The smallest absolute Gasteiger partial charge is 0.427 e. The van der Waals surface area contributed by atoms with Crippen LogP contribution in [-0.4, -0.2) is 19.5 Å². The molecule has 1 rings (SSSR count). The number of nitro groups is 1. The monoisotopic (exact) mass is 238 g/mol. The number of hydrogen-bond acceptors (Lipinski definition) is 5. The lowest BCUT2D eigenvalue weighted by Gasteiger charge is -2.06. The molecular weight excluding hydrogens is 232 g/mol. The van der Waals surface area contributed by atoms with Gasteiger partial charge in [0, 0.05) is 18.1 Å². The molecule has 0 heterocycles. The molecule has 0 spiro atoms. The van der Waals surface area contributed by atoms with E-state index in [2.05, 4.69) is 9.97 Å². The van der Waals surface area contributed by atoms with E-state index in [9.17, 15) is 10.1 Å². The van der Waals surface area contributed by atoms with Gasteiger partial charge in [-0.05, 0) is 11.5 Å². The number of rotatable bonds is 4. The van der Waals surface area contributed by atoms with Gasteiger partial charge in [-0.25, -0.2) is 0 Å². The normalized spacial score (nSPS) is 9.06. The second-order valence-electron chi connectivity index (χ2n) is 2.72. The van der Waals surface area contributed by atoms with Crippen LogP contribution in [0.1, 0.15) is 0 Å². The van der Waals surface area contributed by atoms with E-state index in [1.807, 2.05) is 0 Å². The highest BCUT2D eigenvalue weighted by molar-refractivity contribution is 6.54. The van der Waals surface area contributed by atoms with Crippen LogP contribution in [0, 0.1) is 21.6 Å². The van der Waals surface area contributed by atoms with E-state index < -0.39 is 4.92 Å². The Kier molecular flexibility index (Phi) is 3.97. The zero-order chi connectivity index (χ0) is 12.1. The second-order valence-corrected chi connectivity index (χ2v) is 3.13. The van der Waals surface area contributed by atoms with Crippen LogP contribution < -0.4 is 10.8 Å². The fraction of sp³-hybridized carbons (Fsp3) is 0.125. The summed E-state index contributed by atoms with van der Waals surface area (Å²) in [5.74, 6) is 0. The quantitative estimate of drug-likeness (QED) is 0.366. The Morgan fingerprint density at radius 1 is 1.69 bits per heavy atom. The van der Waals surface area contributed by atoms with Gasteiger partial charge in [0.1, 0.15) is 5.69 Å². The summed E-state index contributed by atoms with van der Waals surface area (Å²) in [5, 5.41) is 21.7. The molecule has 0 fully saturated rings. The van der Waals surface area contributed by atoms with Gasteiger partial charge in [0.25, 0.3) is 11.9 Å². The van der Waals surface area contributed by atoms with E-state index in [1.54, 1.807) is 7.05 Å². The number of benzene rings is 1. The predicted molar refractivity (Wildman–Crippen MR) is 59.7 cm³/mol. The molecule has 0 aliphatic carbocycles. The summed E-state index contributed by atoms with van der Waals surface area (Å²) in [6.07, 6.45) is 1.45. The highest BCUT2D eigenvalue weighted by Gasteiger charge is 2.17. The van der Waals surface area contributed by atoms with Gasteiger partial charge in [0.15, 0.2) is 0 Å². The molecule has 0 aliphatic rings. The number of nitrogens with one attached hydrogen (secondary N) is 1. The summed E-state index contributed by atoms with van der Waals surface area (Å²) >= 11 is 5.79. The lowest BCUT2D eigenvalue weighted by atomic mass is 9.87. The molecule has 0 atom stereocenters. The van der Waals surface area contributed by atoms with Crippen molar-refractivity contribution in [3.8, 4) is 6.26 Å². The zero-order valence-electron chi connectivity index (χ0n) is 8.23. The number of nitro benzene ring substituents is 1. The van der Waals surface area contributed by atoms with E-state index >= 15 is 0 Å². The lowest BCUT2D eigenvalue weighted by Crippen LogP contribution is -2.18. The van der Waals surface area contributed by atoms with Gasteiger partial charge in [-0.3, -0.25) is 10.1 Å². The molecule has 1 aromatic rings. The Labute approximate surface area is 97.2 Å². The third kappa shape index (κ3) is 2.55. The second kappa shape index (κ2) is 5.23. The first-order valence-electron chi connectivity index (χ1n) is 4.13. The first-order chi connectivity index (χ1) is 7.60. The van der Waals surface area contributed by atoms with Gasteiger partial charge >= 0.3 is 7.48 Å². The minimum Gasteiger partial charge on any atom is -0.495 e. The molecule has 1 radical (unpaired) electrons. The summed E-state index contributed by atoms with van der Waals surface area (Å²) in [7, 11) is 2.66. The maximum absolute atomic E-state index is 10.7. The zero-order valence-corrected chi connectivity index (χ0v) is 8.99. The standard InChI is InChI=1S/C8H6BClN3O3/c1-12-7-2-5(9-16-4-11)6(10)3-8(7)13(14)15/h2-3,12H,1H3. The van der Waals surface area contributed by atoms with Gasteiger partial charge in [0.2, 0.25) is 0 Å². The summed E-state index contributed by atoms with van der Waals surface area (Å²) < 4.78 is 4.40. The predicted octanol–water partition coefficient (Wildman–Crippen LogP) is 1.03. The van der Waals surface area contributed by atoms with Crippen molar-refractivity contribution in [3.63, 3.8) is 0 Å². The molecule has 6 nitrogen and oxygen atoms in total. The van der Waals surface area contributed by atoms with Crippen LogP contribution in [0.15, 0.2) is 12.1 Å². The van der Waals surface area contributed by atoms with Crippen molar-refractivity contribution < 1.29 is 9.58 Å². The fourth-order valence-electron chi connectivity index (χ4n) is 1.11. The average molecular weight is 238 g/mol. The van der Waals surface area contributed by atoms with Crippen LogP contribution in [0.4, 0.5) is 11.4 Å². The SMILES string of the molecule is CNc1cc([B]OC#N)c(Cl)cc1[N+](=O)[O-]. The average Bonchev–Trinajstić information content (AvgIpc) is 2.26. The lowest BCUT2D eigenvalue weighted by molar-refractivity contribution is -0.383. The number of nitriles is 1. The first-order valence-corrected chi connectivity index (χ1v) is 4.51. The summed E-state index contributed by atoms with van der Waals surface area (Å²) in [6.45, 7) is 0. The van der Waals surface area contributed by atoms with Crippen LogP contribution in [-0.2, 0) is 4.65 Å². The van der Waals surface area contributed by atoms with Crippen molar-refractivity contribution in [1.29, 1.82) is 5.26 Å². The van der Waals surface area contributed by atoms with Gasteiger partial charge < -0.3 is 9.97 Å². The van der Waals surface area contributed by atoms with Crippen LogP contribution in [0.25, 0.3) is 0 Å². The molecule has 1 N–H and O–H groups in total. The molecule has 0 bridgehead atoms. The Hall–Kier alpha value is -1.94. The Morgan fingerprint density at radius 3 is 2.88 bits per heavy atom. The van der Waals surface area contributed by atoms with Crippen molar-refractivity contribution in [3.05, 3.63) is 27.3 Å². The largest absolute Gasteiger partial charge is 0.495 e. The highest BCUT2D eigenvalue weighted by atomic mass is 35.5. The summed E-state index contributed by atoms with van der Waals surface area (Å²) in [6, 6.07) is 2.62. The van der Waals surface area contributed by atoms with Crippen LogP contribution in [0.3, 0.4) is 0 Å². The fourth-order valence-corrected chi connectivity index (χ4v) is 1.31. The minimum atomic E-state index is -0.549. The summed E-state index contributed by atoms with van der Waals surface area (Å²) in [4.78, 5) is 10.1. The molecule has 0 aliphatic heterocycles. The van der Waals surface area contributed by atoms with E-state index in [1.165, 1.54) is 18.4 Å². The molecular formula is C8H6BClN3O3. The molecule has 0 amide bonds. The third-order valence-corrected chi connectivity index (χ3v) is 2.15. The van der Waals surface area contributed by atoms with E-state index in [0.29, 0.717) is 11.2 Å². The van der Waals surface area contributed by atoms with Gasteiger partial charge in [-0.1, -0.05) is 11.6 Å². The Morgan fingerprint density at radius 2 is 2.38 bits per heavy atom. The number of hydrogen-bond donors (Lipinski definition) is 1. The molecule has 16 heavy (non-hydrogen) atoms. The van der Waals surface area contributed by atoms with Crippen molar-refractivity contribution >= 4 is 35.9 Å². The molecule has 0 unspecified atom stereocenters. The van der Waals surface area contributed by atoms with Gasteiger partial charge in [-0.15, -0.1) is 0 Å². The first kappa shape index (κ1) is 12.1. The Balaban J connectivity index is 3.16. The van der Waals surface area contributed by atoms with Gasteiger partial charge in [-0.2, -0.15) is 5.26 Å². The number of anilines is 1. The third-order valence-electron chi connectivity index (χ3n) is 1.82. The molecule has 0 saturated heterocycles. The van der Waals surface area contributed by atoms with Crippen LogP contribution >= 0.6 is 11.6 Å². The van der Waals surface area contributed by atoms with Crippen LogP contribution in [0.2, 0.25) is 5.02 Å². The van der Waals surface area contributed by atoms with Crippen LogP contribution in [0.5, 0.6) is 0 Å². The molecule has 0 aromatic heterocycles. The topological polar surface area (TPSA) is 88.2 Å². The molecule has 1 aromatic carbocycles. The maximum atomic E-state index is 10.7. The van der Waals surface area contributed by atoms with E-state index in [4.69, 9.17) is 16.9 Å². The molecule has 8 heteroatoms. The van der Waals surface area contributed by atoms with E-state index in [0.717, 1.165) is 7.48 Å². The summed E-state index contributed by atoms with van der Waals surface area (Å²) in [5.41, 5.74) is 0.543. The van der Waals surface area contributed by atoms with Crippen molar-refractivity contribution in [2.45, 2.75) is 0 Å². The number of halogens is 1. The molecule has 0 saturated carbocycles. The molecule has 81 valence electrons. The minimum absolute atomic E-state index is 0.137. The van der Waals surface area contributed by atoms with Crippen molar-refractivity contribution in [1.82, 2.24) is 0 Å². The van der Waals surface area contributed by atoms with Crippen molar-refractivity contribution in [2.24, 2.45) is 0 Å². The van der Waals surface area contributed by atoms with E-state index in [-0.39, 0.29) is 10.7 Å². The van der Waals surface area contributed by atoms with Gasteiger partial charge in [0.05, 0.1) is 4.92 Å². The number of nitrogens with zero attached hydrogens (tertiary/aromatic N) is 2. The van der Waals surface area contributed by atoms with Crippen molar-refractivity contribution in [2.75, 3.05) is 12.4 Å². The maximum Gasteiger partial charge on any atom is 0.427 e. The Bertz CT molecular complexity index is 461.